The van der Waals surface area contributed by atoms with Crippen molar-refractivity contribution in [1.29, 1.82) is 0 Å². The molecule has 1 aliphatic carbocycles. The van der Waals surface area contributed by atoms with E-state index >= 15 is 0 Å². The average molecular weight is 636 g/mol. The number of carbonyl (C=O) groups is 5. The summed E-state index contributed by atoms with van der Waals surface area (Å²) in [5.41, 5.74) is 0.116. The molecule has 2 aromatic rings. The highest BCUT2D eigenvalue weighted by atomic mass is 32.2. The number of nitrogens with one attached hydrogen (secondary N) is 2. The predicted molar refractivity (Wildman–Crippen MR) is 147 cm³/mol. The lowest BCUT2D eigenvalue weighted by molar-refractivity contribution is -0.150. The van der Waals surface area contributed by atoms with Gasteiger partial charge in [0.1, 0.15) is 35.5 Å². The summed E-state index contributed by atoms with van der Waals surface area (Å²) in [5.74, 6) is -3.54. The van der Waals surface area contributed by atoms with E-state index in [1.54, 1.807) is 0 Å². The van der Waals surface area contributed by atoms with Crippen molar-refractivity contribution in [1.82, 2.24) is 35.4 Å². The van der Waals surface area contributed by atoms with E-state index < -0.39 is 41.7 Å². The Bertz CT molecular complexity index is 1520. The molecule has 3 aliphatic rings. The number of amides is 3. The molecule has 220 valence electrons. The Morgan fingerprint density at radius 2 is 2.14 bits per heavy atom. The standard InChI is InChI=1S/C22H21N9O8S3/c32-9-23-21-24-12(8-41-21)14(27-39-11-3-1-2-4-11)17(35)25-15-18(36)31-16(20(37)38)10(6-40-19(15)31)7-42-22-26-28-29-30(22)5-13(33)34/h1,3,8-9,11,15,19H,2,4-7H2,(H,25,35)(H,33,34)(H,37,38)(H,23,24,32)/t11?,15?,19-/m1/s1. The fraction of sp³-hybridized carbons (Fsp3) is 0.364. The average Bonchev–Trinajstić information content (AvgIpc) is 3.73. The van der Waals surface area contributed by atoms with E-state index in [0.717, 1.165) is 39.1 Å². The molecule has 0 saturated carbocycles. The first-order valence-electron chi connectivity index (χ1n) is 12.1. The Kier molecular flexibility index (Phi) is 8.83. The summed E-state index contributed by atoms with van der Waals surface area (Å²) in [7, 11) is 0. The number of aromatic nitrogens is 5. The summed E-state index contributed by atoms with van der Waals surface area (Å²) in [5, 5.41) is 40.0. The van der Waals surface area contributed by atoms with Crippen LogP contribution in [0.3, 0.4) is 0 Å². The number of rotatable bonds is 13. The zero-order valence-electron chi connectivity index (χ0n) is 21.3. The van der Waals surface area contributed by atoms with Crippen molar-refractivity contribution in [2.45, 2.75) is 42.1 Å². The van der Waals surface area contributed by atoms with Gasteiger partial charge in [0.15, 0.2) is 10.8 Å². The van der Waals surface area contributed by atoms with Crippen LogP contribution in [0.15, 0.2) is 39.1 Å². The van der Waals surface area contributed by atoms with Crippen LogP contribution in [0.25, 0.3) is 0 Å². The number of carbonyl (C=O) groups excluding carboxylic acids is 3. The van der Waals surface area contributed by atoms with Crippen LogP contribution in [0.1, 0.15) is 18.5 Å². The van der Waals surface area contributed by atoms with Crippen LogP contribution < -0.4 is 10.6 Å². The minimum Gasteiger partial charge on any atom is -0.480 e. The van der Waals surface area contributed by atoms with Gasteiger partial charge in [-0.1, -0.05) is 23.0 Å². The molecule has 0 aromatic carbocycles. The molecule has 2 unspecified atom stereocenters. The van der Waals surface area contributed by atoms with E-state index in [0.29, 0.717) is 18.4 Å². The first kappa shape index (κ1) is 29.2. The SMILES string of the molecule is O=CNc1nc(C(=NOC2C=CCC2)C(=O)NC2C(=O)N3C(C(=O)O)=C(CSc4nnnn4CC(=O)O)CS[C@H]23)cs1. The van der Waals surface area contributed by atoms with E-state index in [1.807, 2.05) is 12.2 Å². The summed E-state index contributed by atoms with van der Waals surface area (Å²) in [6, 6.07) is -1.04. The molecule has 17 nitrogen and oxygen atoms in total. The predicted octanol–water partition coefficient (Wildman–Crippen LogP) is -0.247. The number of oxime groups is 1. The maximum absolute atomic E-state index is 13.3. The molecule has 4 heterocycles. The molecule has 5 rings (SSSR count). The molecule has 4 N–H and O–H groups in total. The van der Waals surface area contributed by atoms with Crippen molar-refractivity contribution in [2.75, 3.05) is 16.8 Å². The Labute approximate surface area is 248 Å². The van der Waals surface area contributed by atoms with E-state index in [2.05, 4.69) is 36.3 Å². The van der Waals surface area contributed by atoms with Gasteiger partial charge < -0.3 is 25.7 Å². The van der Waals surface area contributed by atoms with Gasteiger partial charge in [-0.25, -0.2) is 14.5 Å². The van der Waals surface area contributed by atoms with Crippen LogP contribution in [0.2, 0.25) is 0 Å². The summed E-state index contributed by atoms with van der Waals surface area (Å²) < 4.78 is 1.07. The number of hydrogen-bond acceptors (Lipinski definition) is 14. The molecule has 1 fully saturated rings. The van der Waals surface area contributed by atoms with Gasteiger partial charge in [0.2, 0.25) is 11.6 Å². The Morgan fingerprint density at radius 3 is 2.86 bits per heavy atom. The van der Waals surface area contributed by atoms with Gasteiger partial charge in [-0.15, -0.1) is 28.2 Å². The van der Waals surface area contributed by atoms with Gasteiger partial charge in [0.25, 0.3) is 11.8 Å². The third kappa shape index (κ3) is 6.14. The highest BCUT2D eigenvalue weighted by molar-refractivity contribution is 8.01. The minimum absolute atomic E-state index is 0.0902. The molecule has 20 heteroatoms. The molecule has 2 aliphatic heterocycles. The molecule has 0 spiro atoms. The number of aliphatic carboxylic acids is 2. The number of allylic oxidation sites excluding steroid dienone is 1. The smallest absolute Gasteiger partial charge is 0.352 e. The lowest BCUT2D eigenvalue weighted by Gasteiger charge is -2.49. The second kappa shape index (κ2) is 12.7. The summed E-state index contributed by atoms with van der Waals surface area (Å²) in [6.45, 7) is -0.466. The number of anilines is 1. The molecule has 42 heavy (non-hydrogen) atoms. The van der Waals surface area contributed by atoms with Crippen molar-refractivity contribution in [3.8, 4) is 0 Å². The second-order valence-corrected chi connectivity index (χ2v) is 11.7. The zero-order chi connectivity index (χ0) is 29.8. The fourth-order valence-electron chi connectivity index (χ4n) is 4.20. The zero-order valence-corrected chi connectivity index (χ0v) is 23.7. The number of thioether (sulfide) groups is 2. The summed E-state index contributed by atoms with van der Waals surface area (Å²) >= 11 is 3.37. The number of carboxylic acids is 2. The van der Waals surface area contributed by atoms with Crippen LogP contribution in [0, 0.1) is 0 Å². The molecule has 0 bridgehead atoms. The van der Waals surface area contributed by atoms with Crippen LogP contribution >= 0.6 is 34.9 Å². The number of β-lactam (4-membered cyclic amide) rings is 1. The molecular weight excluding hydrogens is 614 g/mol. The van der Waals surface area contributed by atoms with E-state index in [4.69, 9.17) is 9.94 Å². The highest BCUT2D eigenvalue weighted by Gasteiger charge is 2.54. The number of thiazole rings is 1. The van der Waals surface area contributed by atoms with Crippen LogP contribution in [-0.4, -0.2) is 105 Å². The monoisotopic (exact) mass is 635 g/mol. The van der Waals surface area contributed by atoms with Crippen LogP contribution in [-0.2, 0) is 35.4 Å². The van der Waals surface area contributed by atoms with Gasteiger partial charge in [-0.2, -0.15) is 0 Å². The normalized spacial score (nSPS) is 21.5. The maximum atomic E-state index is 13.3. The van der Waals surface area contributed by atoms with Crippen molar-refractivity contribution < 1.29 is 39.0 Å². The van der Waals surface area contributed by atoms with Gasteiger partial charge in [-0.3, -0.25) is 24.1 Å². The van der Waals surface area contributed by atoms with Crippen molar-refractivity contribution in [3.05, 3.63) is 34.5 Å². The third-order valence-electron chi connectivity index (χ3n) is 6.09. The van der Waals surface area contributed by atoms with Gasteiger partial charge in [-0.05, 0) is 34.9 Å². The number of fused-ring (bicyclic) bond motifs is 1. The number of tetrazole rings is 1. The molecule has 3 amide bonds. The van der Waals surface area contributed by atoms with E-state index in [1.165, 1.54) is 17.1 Å². The van der Waals surface area contributed by atoms with Crippen molar-refractivity contribution in [2.24, 2.45) is 5.16 Å². The second-order valence-electron chi connectivity index (χ2n) is 8.81. The van der Waals surface area contributed by atoms with Gasteiger partial charge >= 0.3 is 11.9 Å². The molecule has 3 atom stereocenters. The Morgan fingerprint density at radius 1 is 1.31 bits per heavy atom. The molecule has 2 aromatic heterocycles. The number of carboxylic acid groups (broad SMARTS) is 2. The number of hydrogen-bond donors (Lipinski definition) is 4. The number of nitrogens with zero attached hydrogens (tertiary/aromatic N) is 7. The molecule has 1 saturated heterocycles. The molecule has 0 radical (unpaired) electrons. The Balaban J connectivity index is 1.30. The quantitative estimate of drug-likeness (QED) is 0.0556. The Hall–Kier alpha value is -4.30. The fourth-order valence-corrected chi connectivity index (χ4v) is 7.22. The first-order chi connectivity index (χ1) is 20.3. The first-order valence-corrected chi connectivity index (χ1v) is 15.1. The van der Waals surface area contributed by atoms with E-state index in [9.17, 15) is 29.1 Å². The van der Waals surface area contributed by atoms with Crippen molar-refractivity contribution >= 4 is 75.9 Å². The summed E-state index contributed by atoms with van der Waals surface area (Å²) in [4.78, 5) is 71.3. The third-order valence-corrected chi connectivity index (χ3v) is 9.24. The van der Waals surface area contributed by atoms with Crippen LogP contribution in [0.5, 0.6) is 0 Å². The lowest BCUT2D eigenvalue weighted by Crippen LogP contribution is -2.71. The minimum atomic E-state index is -1.32. The van der Waals surface area contributed by atoms with Crippen LogP contribution in [0.4, 0.5) is 5.13 Å². The summed E-state index contributed by atoms with van der Waals surface area (Å²) in [6.07, 6.45) is 5.34. The topological polar surface area (TPSA) is 231 Å². The largest absolute Gasteiger partial charge is 0.480 e. The van der Waals surface area contributed by atoms with Gasteiger partial charge in [0.05, 0.1) is 0 Å². The highest BCUT2D eigenvalue weighted by Crippen LogP contribution is 2.41. The van der Waals surface area contributed by atoms with Crippen molar-refractivity contribution in [3.63, 3.8) is 0 Å². The van der Waals surface area contributed by atoms with Gasteiger partial charge in [0, 0.05) is 16.9 Å². The molecular formula is C22H21N9O8S3. The lowest BCUT2D eigenvalue weighted by atomic mass is 10.0. The van der Waals surface area contributed by atoms with E-state index in [-0.39, 0.29) is 45.0 Å². The maximum Gasteiger partial charge on any atom is 0.352 e.